The lowest BCUT2D eigenvalue weighted by Crippen LogP contribution is -2.08. The summed E-state index contributed by atoms with van der Waals surface area (Å²) in [4.78, 5) is 22.3. The zero-order valence-electron chi connectivity index (χ0n) is 15.4. The van der Waals surface area contributed by atoms with E-state index in [2.05, 4.69) is 9.97 Å². The number of aromatic nitrogens is 2. The molecule has 0 amide bonds. The highest BCUT2D eigenvalue weighted by molar-refractivity contribution is 7.13. The lowest BCUT2D eigenvalue weighted by atomic mass is 10.0. The second-order valence-electron chi connectivity index (χ2n) is 6.05. The Morgan fingerprint density at radius 2 is 1.93 bits per heavy atom. The summed E-state index contributed by atoms with van der Waals surface area (Å²) in [6.07, 6.45) is 1.39. The standard InChI is InChI=1S/C21H14F2N2O3S/c1-27-20-12(17-4-3-7-29-17)9-15-19(18(20)21(26)28-2)24-10-16(25-15)11-5-6-13(22)14(23)8-11/h3-10H,1-2H3. The number of hydrogen-bond donors (Lipinski definition) is 0. The van der Waals surface area contributed by atoms with Crippen LogP contribution in [-0.2, 0) is 4.74 Å². The van der Waals surface area contributed by atoms with Crippen molar-refractivity contribution in [3.8, 4) is 27.4 Å². The molecule has 0 fully saturated rings. The summed E-state index contributed by atoms with van der Waals surface area (Å²) in [5.41, 5.74) is 2.21. The lowest BCUT2D eigenvalue weighted by Gasteiger charge is -2.14. The molecule has 4 aromatic rings. The molecular formula is C21H14F2N2O3S. The molecule has 0 aliphatic rings. The SMILES string of the molecule is COC(=O)c1c(OC)c(-c2cccs2)cc2nc(-c3ccc(F)c(F)c3)cnc12. The molecule has 0 saturated carbocycles. The van der Waals surface area contributed by atoms with Gasteiger partial charge in [-0.25, -0.2) is 18.6 Å². The first-order valence-electron chi connectivity index (χ1n) is 8.49. The van der Waals surface area contributed by atoms with Gasteiger partial charge >= 0.3 is 5.97 Å². The van der Waals surface area contributed by atoms with E-state index in [1.54, 1.807) is 6.07 Å². The molecule has 0 radical (unpaired) electrons. The van der Waals surface area contributed by atoms with Gasteiger partial charge in [0.25, 0.3) is 0 Å². The molecular weight excluding hydrogens is 398 g/mol. The van der Waals surface area contributed by atoms with Crippen LogP contribution in [0.1, 0.15) is 10.4 Å². The average molecular weight is 412 g/mol. The largest absolute Gasteiger partial charge is 0.495 e. The maximum Gasteiger partial charge on any atom is 0.343 e. The molecule has 5 nitrogen and oxygen atoms in total. The molecule has 0 aliphatic carbocycles. The van der Waals surface area contributed by atoms with Crippen molar-refractivity contribution in [2.75, 3.05) is 14.2 Å². The Bertz CT molecular complexity index is 1230. The highest BCUT2D eigenvalue weighted by Crippen LogP contribution is 2.40. The molecule has 0 spiro atoms. The van der Waals surface area contributed by atoms with E-state index in [-0.39, 0.29) is 5.56 Å². The van der Waals surface area contributed by atoms with Crippen molar-refractivity contribution in [1.82, 2.24) is 9.97 Å². The molecule has 4 rings (SSSR count). The highest BCUT2D eigenvalue weighted by atomic mass is 32.1. The second kappa shape index (κ2) is 7.56. The van der Waals surface area contributed by atoms with E-state index < -0.39 is 17.6 Å². The maximum atomic E-state index is 13.6. The summed E-state index contributed by atoms with van der Waals surface area (Å²) in [6.45, 7) is 0. The summed E-state index contributed by atoms with van der Waals surface area (Å²) >= 11 is 1.47. The summed E-state index contributed by atoms with van der Waals surface area (Å²) in [5.74, 6) is -2.20. The number of rotatable bonds is 4. The van der Waals surface area contributed by atoms with Crippen molar-refractivity contribution in [2.45, 2.75) is 0 Å². The lowest BCUT2D eigenvalue weighted by molar-refractivity contribution is 0.0599. The van der Waals surface area contributed by atoms with Gasteiger partial charge in [0.2, 0.25) is 0 Å². The average Bonchev–Trinajstić information content (AvgIpc) is 3.28. The van der Waals surface area contributed by atoms with E-state index in [1.165, 1.54) is 37.8 Å². The van der Waals surface area contributed by atoms with Gasteiger partial charge in [0.05, 0.1) is 31.6 Å². The first-order valence-corrected chi connectivity index (χ1v) is 9.36. The topological polar surface area (TPSA) is 61.3 Å². The molecule has 0 bridgehead atoms. The molecule has 2 aromatic carbocycles. The molecule has 0 atom stereocenters. The Balaban J connectivity index is 2.01. The zero-order valence-corrected chi connectivity index (χ0v) is 16.2. The van der Waals surface area contributed by atoms with Crippen molar-refractivity contribution in [1.29, 1.82) is 0 Å². The molecule has 2 aromatic heterocycles. The third kappa shape index (κ3) is 3.31. The Kier molecular flexibility index (Phi) is 4.94. The van der Waals surface area contributed by atoms with Gasteiger partial charge in [-0.15, -0.1) is 11.3 Å². The van der Waals surface area contributed by atoms with Crippen molar-refractivity contribution < 1.29 is 23.0 Å². The molecule has 2 heterocycles. The van der Waals surface area contributed by atoms with E-state index in [1.807, 2.05) is 17.5 Å². The fourth-order valence-electron chi connectivity index (χ4n) is 3.05. The summed E-state index contributed by atoms with van der Waals surface area (Å²) in [7, 11) is 2.74. The van der Waals surface area contributed by atoms with Crippen LogP contribution in [0, 0.1) is 11.6 Å². The first kappa shape index (κ1) is 18.9. The maximum absolute atomic E-state index is 13.6. The number of methoxy groups -OCH3 is 2. The minimum Gasteiger partial charge on any atom is -0.495 e. The van der Waals surface area contributed by atoms with Crippen molar-refractivity contribution in [3.63, 3.8) is 0 Å². The third-order valence-corrected chi connectivity index (χ3v) is 5.29. The van der Waals surface area contributed by atoms with Crippen LogP contribution in [0.3, 0.4) is 0 Å². The Morgan fingerprint density at radius 3 is 2.59 bits per heavy atom. The monoisotopic (exact) mass is 412 g/mol. The number of halogens is 2. The van der Waals surface area contributed by atoms with E-state index >= 15 is 0 Å². The molecule has 8 heteroatoms. The molecule has 29 heavy (non-hydrogen) atoms. The summed E-state index contributed by atoms with van der Waals surface area (Å²) < 4.78 is 37.4. The van der Waals surface area contributed by atoms with Gasteiger partial charge in [-0.05, 0) is 35.7 Å². The van der Waals surface area contributed by atoms with E-state index in [4.69, 9.17) is 9.47 Å². The number of ether oxygens (including phenoxy) is 2. The van der Waals surface area contributed by atoms with Crippen LogP contribution in [-0.4, -0.2) is 30.2 Å². The first-order chi connectivity index (χ1) is 14.0. The molecule has 146 valence electrons. The molecule has 0 aliphatic heterocycles. The van der Waals surface area contributed by atoms with Crippen molar-refractivity contribution in [2.24, 2.45) is 0 Å². The predicted octanol–water partition coefficient (Wildman–Crippen LogP) is 5.10. The summed E-state index contributed by atoms with van der Waals surface area (Å²) in [6, 6.07) is 9.02. The Morgan fingerprint density at radius 1 is 1.10 bits per heavy atom. The van der Waals surface area contributed by atoms with Crippen LogP contribution in [0.15, 0.2) is 48.0 Å². The number of nitrogens with zero attached hydrogens (tertiary/aromatic N) is 2. The van der Waals surface area contributed by atoms with Crippen LogP contribution < -0.4 is 4.74 Å². The fourth-order valence-corrected chi connectivity index (χ4v) is 3.79. The quantitative estimate of drug-likeness (QED) is 0.437. The van der Waals surface area contributed by atoms with Crippen molar-refractivity contribution >= 4 is 28.3 Å². The van der Waals surface area contributed by atoms with E-state index in [0.29, 0.717) is 33.6 Å². The fraction of sp³-hybridized carbons (Fsp3) is 0.0952. The van der Waals surface area contributed by atoms with Gasteiger partial charge in [-0.2, -0.15) is 0 Å². The van der Waals surface area contributed by atoms with Crippen LogP contribution >= 0.6 is 11.3 Å². The van der Waals surface area contributed by atoms with Crippen molar-refractivity contribution in [3.05, 3.63) is 65.2 Å². The summed E-state index contributed by atoms with van der Waals surface area (Å²) in [5, 5.41) is 1.90. The van der Waals surface area contributed by atoms with Gasteiger partial charge in [-0.3, -0.25) is 4.98 Å². The third-order valence-electron chi connectivity index (χ3n) is 4.38. The molecule has 0 unspecified atom stereocenters. The van der Waals surface area contributed by atoms with Gasteiger partial charge in [0, 0.05) is 16.0 Å². The van der Waals surface area contributed by atoms with Crippen LogP contribution in [0.2, 0.25) is 0 Å². The number of carbonyl (C=O) groups excluding carboxylic acids is 1. The predicted molar refractivity (Wildman–Crippen MR) is 106 cm³/mol. The Labute approximate surface area is 168 Å². The number of fused-ring (bicyclic) bond motifs is 1. The van der Waals surface area contributed by atoms with Crippen LogP contribution in [0.25, 0.3) is 32.7 Å². The molecule has 0 saturated heterocycles. The number of carbonyl (C=O) groups is 1. The van der Waals surface area contributed by atoms with Gasteiger partial charge in [0.1, 0.15) is 16.8 Å². The van der Waals surface area contributed by atoms with Gasteiger partial charge in [0.15, 0.2) is 11.6 Å². The number of esters is 1. The smallest absolute Gasteiger partial charge is 0.343 e. The number of hydrogen-bond acceptors (Lipinski definition) is 6. The van der Waals surface area contributed by atoms with E-state index in [0.717, 1.165) is 17.0 Å². The number of thiophene rings is 1. The number of benzene rings is 2. The highest BCUT2D eigenvalue weighted by Gasteiger charge is 2.24. The van der Waals surface area contributed by atoms with Gasteiger partial charge in [-0.1, -0.05) is 6.07 Å². The zero-order chi connectivity index (χ0) is 20.5. The van der Waals surface area contributed by atoms with Crippen LogP contribution in [0.4, 0.5) is 8.78 Å². The normalized spacial score (nSPS) is 10.9. The molecule has 0 N–H and O–H groups in total. The minimum atomic E-state index is -0.978. The van der Waals surface area contributed by atoms with Gasteiger partial charge < -0.3 is 9.47 Å². The van der Waals surface area contributed by atoms with Crippen LogP contribution in [0.5, 0.6) is 5.75 Å². The minimum absolute atomic E-state index is 0.153. The second-order valence-corrected chi connectivity index (χ2v) is 7.00. The van der Waals surface area contributed by atoms with E-state index in [9.17, 15) is 13.6 Å². The Hall–Kier alpha value is -3.39.